The Morgan fingerprint density at radius 2 is 1.83 bits per heavy atom. The van der Waals surface area contributed by atoms with Crippen LogP contribution < -0.4 is 5.32 Å². The first kappa shape index (κ1) is 16.7. The molecule has 0 saturated carbocycles. The summed E-state index contributed by atoms with van der Waals surface area (Å²) in [6.45, 7) is 3.46. The van der Waals surface area contributed by atoms with Crippen molar-refractivity contribution in [2.24, 2.45) is 0 Å². The maximum atomic E-state index is 12.9. The van der Waals surface area contributed by atoms with Crippen LogP contribution in [0.5, 0.6) is 0 Å². The lowest BCUT2D eigenvalue weighted by atomic mass is 10.2. The zero-order valence-electron chi connectivity index (χ0n) is 12.7. The van der Waals surface area contributed by atoms with E-state index in [0.29, 0.717) is 11.3 Å². The highest BCUT2D eigenvalue weighted by atomic mass is 32.2. The van der Waals surface area contributed by atoms with Gasteiger partial charge in [-0.05, 0) is 55.3 Å². The molecular formula is C17H15FN2O2S. The average Bonchev–Trinajstić information content (AvgIpc) is 2.51. The molecule has 2 rings (SSSR count). The number of hydrogen-bond acceptors (Lipinski definition) is 4. The Balaban J connectivity index is 2.39. The highest BCUT2D eigenvalue weighted by Gasteiger charge is 2.23. The van der Waals surface area contributed by atoms with E-state index in [1.807, 2.05) is 0 Å². The van der Waals surface area contributed by atoms with Crippen LogP contribution in [0, 0.1) is 31.0 Å². The highest BCUT2D eigenvalue weighted by Crippen LogP contribution is 2.23. The average molecular weight is 330 g/mol. The molecule has 0 amide bonds. The van der Waals surface area contributed by atoms with E-state index in [-0.39, 0.29) is 4.90 Å². The Morgan fingerprint density at radius 3 is 2.43 bits per heavy atom. The summed E-state index contributed by atoms with van der Waals surface area (Å²) in [5.41, 5.74) is 1.84. The number of nitrogens with zero attached hydrogens (tertiary/aromatic N) is 1. The van der Waals surface area contributed by atoms with E-state index in [0.717, 1.165) is 11.8 Å². The number of rotatable bonds is 4. The van der Waals surface area contributed by atoms with Gasteiger partial charge in [0.1, 0.15) is 11.9 Å². The minimum atomic E-state index is -3.92. The zero-order chi connectivity index (χ0) is 17.0. The normalized spacial score (nSPS) is 11.8. The fourth-order valence-corrected chi connectivity index (χ4v) is 3.38. The largest absolute Gasteiger partial charge is 0.360 e. The summed E-state index contributed by atoms with van der Waals surface area (Å²) in [6, 6.07) is 12.1. The van der Waals surface area contributed by atoms with Crippen molar-refractivity contribution >= 4 is 15.5 Å². The molecule has 0 radical (unpaired) electrons. The molecule has 0 spiro atoms. The minimum absolute atomic E-state index is 0.103. The molecule has 2 aromatic rings. The molecule has 0 aliphatic rings. The lowest BCUT2D eigenvalue weighted by Crippen LogP contribution is -2.07. The van der Waals surface area contributed by atoms with Gasteiger partial charge in [0.25, 0.3) is 0 Å². The fraction of sp³-hybridized carbons (Fsp3) is 0.118. The standard InChI is InChI=1S/C17H15FN2O2S/c1-12-3-4-13(2)17(9-12)23(21,22)16(10-19)11-20-15-7-5-14(18)6-8-15/h3-9,11,20H,1-2H3. The van der Waals surface area contributed by atoms with Crippen LogP contribution in [0.4, 0.5) is 10.1 Å². The van der Waals surface area contributed by atoms with Gasteiger partial charge in [-0.25, -0.2) is 12.8 Å². The Bertz CT molecular complexity index is 895. The summed E-state index contributed by atoms with van der Waals surface area (Å²) in [7, 11) is -3.92. The van der Waals surface area contributed by atoms with Gasteiger partial charge in [-0.1, -0.05) is 12.1 Å². The third-order valence-corrected chi connectivity index (χ3v) is 5.05. The van der Waals surface area contributed by atoms with Crippen molar-refractivity contribution in [3.8, 4) is 6.07 Å². The van der Waals surface area contributed by atoms with E-state index >= 15 is 0 Å². The number of hydrogen-bond donors (Lipinski definition) is 1. The Kier molecular flexibility index (Phi) is 4.82. The van der Waals surface area contributed by atoms with Crippen molar-refractivity contribution in [2.45, 2.75) is 18.7 Å². The molecule has 118 valence electrons. The van der Waals surface area contributed by atoms with E-state index in [9.17, 15) is 18.1 Å². The first-order chi connectivity index (χ1) is 10.8. The van der Waals surface area contributed by atoms with Crippen LogP contribution in [0.2, 0.25) is 0 Å². The summed E-state index contributed by atoms with van der Waals surface area (Å²) < 4.78 is 38.1. The van der Waals surface area contributed by atoms with Crippen LogP contribution in [0.15, 0.2) is 58.5 Å². The first-order valence-corrected chi connectivity index (χ1v) is 8.27. The Labute approximate surface area is 134 Å². The van der Waals surface area contributed by atoms with Gasteiger partial charge in [0.05, 0.1) is 4.90 Å². The number of benzene rings is 2. The Hall–Kier alpha value is -2.65. The van der Waals surface area contributed by atoms with Crippen LogP contribution >= 0.6 is 0 Å². The minimum Gasteiger partial charge on any atom is -0.360 e. The molecule has 0 heterocycles. The predicted molar refractivity (Wildman–Crippen MR) is 86.8 cm³/mol. The van der Waals surface area contributed by atoms with Crippen LogP contribution in [0.25, 0.3) is 0 Å². The van der Waals surface area contributed by atoms with Crippen molar-refractivity contribution in [1.82, 2.24) is 0 Å². The number of aryl methyl sites for hydroxylation is 2. The van der Waals surface area contributed by atoms with E-state index in [1.165, 1.54) is 30.3 Å². The fourth-order valence-electron chi connectivity index (χ4n) is 1.98. The van der Waals surface area contributed by atoms with Crippen molar-refractivity contribution in [1.29, 1.82) is 5.26 Å². The first-order valence-electron chi connectivity index (χ1n) is 6.79. The lowest BCUT2D eigenvalue weighted by Gasteiger charge is -2.08. The van der Waals surface area contributed by atoms with Crippen molar-refractivity contribution in [2.75, 3.05) is 5.32 Å². The number of anilines is 1. The molecule has 4 nitrogen and oxygen atoms in total. The monoisotopic (exact) mass is 330 g/mol. The van der Waals surface area contributed by atoms with Crippen molar-refractivity contribution < 1.29 is 12.8 Å². The van der Waals surface area contributed by atoms with E-state index in [1.54, 1.807) is 32.0 Å². The van der Waals surface area contributed by atoms with Crippen LogP contribution in [-0.2, 0) is 9.84 Å². The second kappa shape index (κ2) is 6.63. The summed E-state index contributed by atoms with van der Waals surface area (Å²) in [5.74, 6) is -0.400. The summed E-state index contributed by atoms with van der Waals surface area (Å²) >= 11 is 0. The van der Waals surface area contributed by atoms with Crippen LogP contribution in [-0.4, -0.2) is 8.42 Å². The molecule has 0 aliphatic carbocycles. The van der Waals surface area contributed by atoms with Gasteiger partial charge in [-0.15, -0.1) is 0 Å². The maximum absolute atomic E-state index is 12.9. The maximum Gasteiger partial charge on any atom is 0.218 e. The Morgan fingerprint density at radius 1 is 1.17 bits per heavy atom. The molecular weight excluding hydrogens is 315 g/mol. The lowest BCUT2D eigenvalue weighted by molar-refractivity contribution is 0.602. The summed E-state index contributed by atoms with van der Waals surface area (Å²) in [6.07, 6.45) is 1.12. The molecule has 0 bridgehead atoms. The second-order valence-electron chi connectivity index (χ2n) is 5.04. The number of sulfone groups is 1. The molecule has 0 saturated heterocycles. The summed E-state index contributed by atoms with van der Waals surface area (Å²) in [5, 5.41) is 11.9. The molecule has 0 aliphatic heterocycles. The van der Waals surface area contributed by atoms with E-state index < -0.39 is 20.6 Å². The SMILES string of the molecule is Cc1ccc(C)c(S(=O)(=O)C(C#N)=CNc2ccc(F)cc2)c1. The van der Waals surface area contributed by atoms with E-state index in [2.05, 4.69) is 5.32 Å². The predicted octanol–water partition coefficient (Wildman–Crippen LogP) is 3.69. The van der Waals surface area contributed by atoms with Gasteiger partial charge in [0.2, 0.25) is 9.84 Å². The number of nitrogens with one attached hydrogen (secondary N) is 1. The third-order valence-electron chi connectivity index (χ3n) is 3.25. The third kappa shape index (κ3) is 3.76. The number of allylic oxidation sites excluding steroid dienone is 1. The van der Waals surface area contributed by atoms with Gasteiger partial charge in [0.15, 0.2) is 4.91 Å². The van der Waals surface area contributed by atoms with Gasteiger partial charge < -0.3 is 5.32 Å². The molecule has 23 heavy (non-hydrogen) atoms. The molecule has 0 fully saturated rings. The number of nitriles is 1. The quantitative estimate of drug-likeness (QED) is 0.868. The molecule has 0 atom stereocenters. The molecule has 6 heteroatoms. The van der Waals surface area contributed by atoms with Crippen LogP contribution in [0.1, 0.15) is 11.1 Å². The van der Waals surface area contributed by atoms with Crippen molar-refractivity contribution in [3.05, 3.63) is 70.5 Å². The molecule has 2 aromatic carbocycles. The van der Waals surface area contributed by atoms with Crippen LogP contribution in [0.3, 0.4) is 0 Å². The van der Waals surface area contributed by atoms with Gasteiger partial charge in [0, 0.05) is 11.9 Å². The van der Waals surface area contributed by atoms with Crippen molar-refractivity contribution in [3.63, 3.8) is 0 Å². The smallest absolute Gasteiger partial charge is 0.218 e. The number of halogens is 1. The topological polar surface area (TPSA) is 70.0 Å². The van der Waals surface area contributed by atoms with Gasteiger partial charge >= 0.3 is 0 Å². The second-order valence-corrected chi connectivity index (χ2v) is 6.93. The summed E-state index contributed by atoms with van der Waals surface area (Å²) in [4.78, 5) is -0.304. The van der Waals surface area contributed by atoms with Gasteiger partial charge in [-0.3, -0.25) is 0 Å². The highest BCUT2D eigenvalue weighted by molar-refractivity contribution is 7.95. The molecule has 0 unspecified atom stereocenters. The van der Waals surface area contributed by atoms with Gasteiger partial charge in [-0.2, -0.15) is 5.26 Å². The zero-order valence-corrected chi connectivity index (χ0v) is 13.5. The van der Waals surface area contributed by atoms with E-state index in [4.69, 9.17) is 0 Å². The molecule has 1 N–H and O–H groups in total. The molecule has 0 aromatic heterocycles.